The van der Waals surface area contributed by atoms with Gasteiger partial charge in [-0.2, -0.15) is 10.4 Å². The molecule has 1 aliphatic heterocycles. The van der Waals surface area contributed by atoms with Gasteiger partial charge in [0.25, 0.3) is 5.91 Å². The van der Waals surface area contributed by atoms with E-state index >= 15 is 0 Å². The molecule has 1 fully saturated rings. The molecule has 160 valence electrons. The van der Waals surface area contributed by atoms with Crippen molar-refractivity contribution in [1.82, 2.24) is 25.0 Å². The molecule has 0 aliphatic carbocycles. The second-order valence-electron chi connectivity index (χ2n) is 8.11. The first kappa shape index (κ1) is 21.1. The van der Waals surface area contributed by atoms with E-state index in [1.165, 1.54) is 0 Å². The Balaban J connectivity index is 1.66. The molecule has 1 amide bonds. The highest BCUT2D eigenvalue weighted by atomic mass is 35.5. The topological polar surface area (TPSA) is 86.8 Å². The van der Waals surface area contributed by atoms with E-state index in [2.05, 4.69) is 28.5 Å². The van der Waals surface area contributed by atoms with Crippen LogP contribution < -0.4 is 5.32 Å². The lowest BCUT2D eigenvalue weighted by molar-refractivity contribution is 0.0931. The van der Waals surface area contributed by atoms with Crippen LogP contribution in [0.2, 0.25) is 5.02 Å². The number of nitrogens with one attached hydrogen (secondary N) is 1. The highest BCUT2D eigenvalue weighted by Crippen LogP contribution is 2.32. The molecule has 0 saturated carbocycles. The summed E-state index contributed by atoms with van der Waals surface area (Å²) in [6, 6.07) is 9.33. The minimum Gasteiger partial charge on any atom is -0.347 e. The minimum absolute atomic E-state index is 0.0582. The molecule has 8 heteroatoms. The number of carbonyl (C=O) groups is 1. The smallest absolute Gasteiger partial charge is 0.253 e. The van der Waals surface area contributed by atoms with Gasteiger partial charge in [-0.15, -0.1) is 0 Å². The van der Waals surface area contributed by atoms with Crippen LogP contribution in [0.25, 0.3) is 22.3 Å². The highest BCUT2D eigenvalue weighted by molar-refractivity contribution is 6.35. The Kier molecular flexibility index (Phi) is 5.59. The van der Waals surface area contributed by atoms with E-state index in [-0.39, 0.29) is 24.0 Å². The van der Waals surface area contributed by atoms with Crippen LogP contribution in [0.15, 0.2) is 30.3 Å². The largest absolute Gasteiger partial charge is 0.347 e. The number of carbonyl (C=O) groups excluding carboxylic acids is 1. The number of aromatic nitrogens is 3. The number of pyridine rings is 1. The van der Waals surface area contributed by atoms with Gasteiger partial charge >= 0.3 is 0 Å². The molecule has 1 saturated heterocycles. The van der Waals surface area contributed by atoms with Crippen molar-refractivity contribution in [3.8, 4) is 17.6 Å². The summed E-state index contributed by atoms with van der Waals surface area (Å²) in [5.74, 6) is -0.241. The van der Waals surface area contributed by atoms with Crippen LogP contribution in [-0.4, -0.2) is 43.7 Å². The Morgan fingerprint density at radius 3 is 2.81 bits per heavy atom. The standard InChI is InChI=1S/C23H25ClN6O/c1-5-15-9-20(14(3)30(15)12-25)27-23(31)16-11-21-17(10-18(16)24)22(28-29(21)4)19-8-6-7-13(2)26-19/h6-8,10-11,14-15,20H,5,9H2,1-4H3,(H,27,31)/t14-,15+,20-/m1/s1. The van der Waals surface area contributed by atoms with Gasteiger partial charge in [-0.1, -0.05) is 24.6 Å². The molecule has 3 aromatic rings. The fourth-order valence-corrected chi connectivity index (χ4v) is 4.66. The second-order valence-corrected chi connectivity index (χ2v) is 8.52. The molecule has 2 aromatic heterocycles. The predicted octanol–water partition coefficient (Wildman–Crippen LogP) is 4.05. The maximum atomic E-state index is 13.1. The minimum atomic E-state index is -0.241. The summed E-state index contributed by atoms with van der Waals surface area (Å²) in [6.45, 7) is 5.96. The maximum absolute atomic E-state index is 13.1. The molecule has 31 heavy (non-hydrogen) atoms. The van der Waals surface area contributed by atoms with Crippen LogP contribution in [-0.2, 0) is 7.05 Å². The Morgan fingerprint density at radius 2 is 2.16 bits per heavy atom. The van der Waals surface area contributed by atoms with E-state index in [1.807, 2.05) is 39.1 Å². The Labute approximate surface area is 186 Å². The van der Waals surface area contributed by atoms with Crippen molar-refractivity contribution < 1.29 is 4.79 Å². The van der Waals surface area contributed by atoms with Crippen LogP contribution >= 0.6 is 11.6 Å². The number of benzene rings is 1. The SMILES string of the molecule is CC[C@H]1C[C@@H](NC(=O)c2cc3c(cc2Cl)c(-c2cccc(C)n2)nn3C)[C@@H](C)N1C#N. The average molecular weight is 437 g/mol. The van der Waals surface area contributed by atoms with Crippen molar-refractivity contribution in [3.63, 3.8) is 0 Å². The molecule has 0 radical (unpaired) electrons. The molecule has 7 nitrogen and oxygen atoms in total. The summed E-state index contributed by atoms with van der Waals surface area (Å²) >= 11 is 6.55. The normalized spacial score (nSPS) is 20.8. The van der Waals surface area contributed by atoms with Gasteiger partial charge in [0.1, 0.15) is 5.69 Å². The Morgan fingerprint density at radius 1 is 1.39 bits per heavy atom. The lowest BCUT2D eigenvalue weighted by Gasteiger charge is -2.22. The van der Waals surface area contributed by atoms with Crippen LogP contribution in [0.1, 0.15) is 42.7 Å². The van der Waals surface area contributed by atoms with Gasteiger partial charge < -0.3 is 10.2 Å². The summed E-state index contributed by atoms with van der Waals surface area (Å²) < 4.78 is 1.74. The fraction of sp³-hybridized carbons (Fsp3) is 0.391. The van der Waals surface area contributed by atoms with Gasteiger partial charge in [0.2, 0.25) is 0 Å². The number of nitriles is 1. The van der Waals surface area contributed by atoms with E-state index in [0.717, 1.165) is 40.8 Å². The number of fused-ring (bicyclic) bond motifs is 1. The first-order chi connectivity index (χ1) is 14.8. The van der Waals surface area contributed by atoms with Crippen molar-refractivity contribution in [1.29, 1.82) is 5.26 Å². The van der Waals surface area contributed by atoms with E-state index in [4.69, 9.17) is 11.6 Å². The number of amides is 1. The highest BCUT2D eigenvalue weighted by Gasteiger charge is 2.38. The number of hydrogen-bond acceptors (Lipinski definition) is 5. The quantitative estimate of drug-likeness (QED) is 0.623. The number of halogens is 1. The monoisotopic (exact) mass is 436 g/mol. The molecular weight excluding hydrogens is 412 g/mol. The van der Waals surface area contributed by atoms with Gasteiger partial charge in [-0.25, -0.2) is 0 Å². The average Bonchev–Trinajstić information content (AvgIpc) is 3.23. The summed E-state index contributed by atoms with van der Waals surface area (Å²) in [7, 11) is 1.84. The number of nitrogens with zero attached hydrogens (tertiary/aromatic N) is 5. The summed E-state index contributed by atoms with van der Waals surface area (Å²) in [6.07, 6.45) is 3.87. The third-order valence-electron chi connectivity index (χ3n) is 6.16. The van der Waals surface area contributed by atoms with Crippen LogP contribution in [0.3, 0.4) is 0 Å². The molecular formula is C23H25ClN6O. The molecule has 0 bridgehead atoms. The fourth-order valence-electron chi connectivity index (χ4n) is 4.41. The van der Waals surface area contributed by atoms with E-state index in [1.54, 1.807) is 21.7 Å². The first-order valence-electron chi connectivity index (χ1n) is 10.4. The molecule has 3 atom stereocenters. The Hall–Kier alpha value is -3.11. The van der Waals surface area contributed by atoms with Crippen LogP contribution in [0, 0.1) is 18.4 Å². The summed E-state index contributed by atoms with van der Waals surface area (Å²) in [5, 5.41) is 18.4. The zero-order chi connectivity index (χ0) is 22.3. The molecule has 1 aromatic carbocycles. The number of rotatable bonds is 4. The van der Waals surface area contributed by atoms with Gasteiger partial charge in [-0.3, -0.25) is 14.5 Å². The predicted molar refractivity (Wildman–Crippen MR) is 121 cm³/mol. The number of likely N-dealkylation sites (tertiary alicyclic amines) is 1. The zero-order valence-electron chi connectivity index (χ0n) is 18.1. The van der Waals surface area contributed by atoms with Gasteiger partial charge in [-0.05, 0) is 51.0 Å². The van der Waals surface area contributed by atoms with Gasteiger partial charge in [0, 0.05) is 24.2 Å². The van der Waals surface area contributed by atoms with Crippen LogP contribution in [0.5, 0.6) is 0 Å². The molecule has 1 aliphatic rings. The number of aryl methyl sites for hydroxylation is 2. The van der Waals surface area contributed by atoms with Crippen molar-refractivity contribution >= 4 is 28.4 Å². The Bertz CT molecular complexity index is 1200. The van der Waals surface area contributed by atoms with Crippen molar-refractivity contribution in [2.75, 3.05) is 0 Å². The molecule has 0 unspecified atom stereocenters. The molecule has 3 heterocycles. The molecule has 1 N–H and O–H groups in total. The van der Waals surface area contributed by atoms with Crippen LogP contribution in [0.4, 0.5) is 0 Å². The maximum Gasteiger partial charge on any atom is 0.253 e. The lowest BCUT2D eigenvalue weighted by Crippen LogP contribution is -2.42. The number of hydrogen-bond donors (Lipinski definition) is 1. The first-order valence-corrected chi connectivity index (χ1v) is 10.8. The van der Waals surface area contributed by atoms with E-state index < -0.39 is 0 Å². The van der Waals surface area contributed by atoms with E-state index in [0.29, 0.717) is 10.6 Å². The summed E-state index contributed by atoms with van der Waals surface area (Å²) in [4.78, 5) is 19.4. The lowest BCUT2D eigenvalue weighted by atomic mass is 10.1. The molecule has 4 rings (SSSR count). The molecule has 0 spiro atoms. The van der Waals surface area contributed by atoms with Crippen molar-refractivity contribution in [2.24, 2.45) is 7.05 Å². The third kappa shape index (κ3) is 3.72. The summed E-state index contributed by atoms with van der Waals surface area (Å²) in [5.41, 5.74) is 3.60. The van der Waals surface area contributed by atoms with Gasteiger partial charge in [0.15, 0.2) is 6.19 Å². The van der Waals surface area contributed by atoms with E-state index in [9.17, 15) is 10.1 Å². The van der Waals surface area contributed by atoms with Crippen molar-refractivity contribution in [2.45, 2.75) is 51.7 Å². The third-order valence-corrected chi connectivity index (χ3v) is 6.47. The van der Waals surface area contributed by atoms with Gasteiger partial charge in [0.05, 0.1) is 33.9 Å². The zero-order valence-corrected chi connectivity index (χ0v) is 18.8. The second kappa shape index (κ2) is 8.20. The van der Waals surface area contributed by atoms with Crippen molar-refractivity contribution in [3.05, 3.63) is 46.6 Å².